The molecule has 1 aliphatic rings. The standard InChI is InChI=1S/C17H20F3N5OS/c1-24-11-21-23-16(24)27-10-15(26)22-13-9-12(17(18,19)20)5-6-14(13)25-7-3-2-4-8-25/h5-6,9,11H,2-4,7-8,10H2,1H3,(H,22,26). The van der Waals surface area contributed by atoms with Gasteiger partial charge in [-0.15, -0.1) is 10.2 Å². The number of hydrogen-bond donors (Lipinski definition) is 1. The number of aryl methyl sites for hydroxylation is 1. The smallest absolute Gasteiger partial charge is 0.370 e. The fourth-order valence-electron chi connectivity index (χ4n) is 2.94. The molecular weight excluding hydrogens is 379 g/mol. The Morgan fingerprint density at radius 1 is 1.26 bits per heavy atom. The van der Waals surface area contributed by atoms with Gasteiger partial charge in [0.1, 0.15) is 6.33 Å². The molecule has 27 heavy (non-hydrogen) atoms. The monoisotopic (exact) mass is 399 g/mol. The van der Waals surface area contributed by atoms with Crippen LogP contribution < -0.4 is 10.2 Å². The highest BCUT2D eigenvalue weighted by atomic mass is 32.2. The van der Waals surface area contributed by atoms with E-state index in [1.165, 1.54) is 24.2 Å². The summed E-state index contributed by atoms with van der Waals surface area (Å²) in [7, 11) is 1.75. The molecule has 0 unspecified atom stereocenters. The fraction of sp³-hybridized carbons (Fsp3) is 0.471. The second-order valence-electron chi connectivity index (χ2n) is 6.34. The number of halogens is 3. The summed E-state index contributed by atoms with van der Waals surface area (Å²) in [6.07, 6.45) is 0.120. The average Bonchev–Trinajstić information content (AvgIpc) is 3.05. The van der Waals surface area contributed by atoms with E-state index in [1.807, 2.05) is 4.90 Å². The number of thioether (sulfide) groups is 1. The molecule has 0 saturated carbocycles. The summed E-state index contributed by atoms with van der Waals surface area (Å²) < 4.78 is 41.0. The highest BCUT2D eigenvalue weighted by Crippen LogP contribution is 2.36. The Hall–Kier alpha value is -2.23. The molecule has 0 aliphatic carbocycles. The molecule has 10 heteroatoms. The Balaban J connectivity index is 1.77. The van der Waals surface area contributed by atoms with E-state index in [-0.39, 0.29) is 17.3 Å². The van der Waals surface area contributed by atoms with Crippen LogP contribution in [0, 0.1) is 0 Å². The summed E-state index contributed by atoms with van der Waals surface area (Å²) in [5.74, 6) is -0.358. The zero-order valence-corrected chi connectivity index (χ0v) is 15.6. The number of hydrogen-bond acceptors (Lipinski definition) is 5. The first-order valence-corrected chi connectivity index (χ1v) is 9.56. The molecule has 1 N–H and O–H groups in total. The van der Waals surface area contributed by atoms with Crippen molar-refractivity contribution in [2.24, 2.45) is 7.05 Å². The van der Waals surface area contributed by atoms with Gasteiger partial charge in [0.05, 0.1) is 22.7 Å². The number of nitrogens with one attached hydrogen (secondary N) is 1. The quantitative estimate of drug-likeness (QED) is 0.779. The van der Waals surface area contributed by atoms with Crippen molar-refractivity contribution in [3.05, 3.63) is 30.1 Å². The van der Waals surface area contributed by atoms with Crippen LogP contribution in [0.25, 0.3) is 0 Å². The van der Waals surface area contributed by atoms with Crippen molar-refractivity contribution in [2.75, 3.05) is 29.1 Å². The Morgan fingerprint density at radius 2 is 2.00 bits per heavy atom. The van der Waals surface area contributed by atoms with Gasteiger partial charge in [0.2, 0.25) is 5.91 Å². The Bertz CT molecular complexity index is 802. The van der Waals surface area contributed by atoms with Crippen LogP contribution in [-0.4, -0.2) is 39.5 Å². The molecule has 1 aromatic carbocycles. The minimum atomic E-state index is -4.46. The predicted molar refractivity (Wildman–Crippen MR) is 97.9 cm³/mol. The van der Waals surface area contributed by atoms with Crippen molar-refractivity contribution in [1.82, 2.24) is 14.8 Å². The Kier molecular flexibility index (Phi) is 5.93. The van der Waals surface area contributed by atoms with Gasteiger partial charge in [0, 0.05) is 20.1 Å². The number of piperidine rings is 1. The van der Waals surface area contributed by atoms with Crippen molar-refractivity contribution in [1.29, 1.82) is 0 Å². The van der Waals surface area contributed by atoms with Gasteiger partial charge in [-0.1, -0.05) is 11.8 Å². The van der Waals surface area contributed by atoms with E-state index in [9.17, 15) is 18.0 Å². The van der Waals surface area contributed by atoms with E-state index < -0.39 is 11.7 Å². The zero-order chi connectivity index (χ0) is 19.4. The number of amides is 1. The number of benzene rings is 1. The second kappa shape index (κ2) is 8.20. The summed E-state index contributed by atoms with van der Waals surface area (Å²) in [5, 5.41) is 10.8. The summed E-state index contributed by atoms with van der Waals surface area (Å²) in [6.45, 7) is 1.53. The normalized spacial score (nSPS) is 15.0. The maximum absolute atomic E-state index is 13.1. The van der Waals surface area contributed by atoms with Crippen LogP contribution >= 0.6 is 11.8 Å². The molecule has 0 atom stereocenters. The van der Waals surface area contributed by atoms with Gasteiger partial charge in [0.25, 0.3) is 0 Å². The topological polar surface area (TPSA) is 63.1 Å². The number of carbonyl (C=O) groups is 1. The lowest BCUT2D eigenvalue weighted by Gasteiger charge is -2.31. The SMILES string of the molecule is Cn1cnnc1SCC(=O)Nc1cc(C(F)(F)F)ccc1N1CCCCC1. The van der Waals surface area contributed by atoms with E-state index >= 15 is 0 Å². The van der Waals surface area contributed by atoms with E-state index in [2.05, 4.69) is 15.5 Å². The lowest BCUT2D eigenvalue weighted by Crippen LogP contribution is -2.30. The number of anilines is 2. The average molecular weight is 399 g/mol. The third-order valence-corrected chi connectivity index (χ3v) is 5.33. The molecule has 1 amide bonds. The van der Waals surface area contributed by atoms with E-state index in [0.717, 1.165) is 44.5 Å². The number of nitrogens with zero attached hydrogens (tertiary/aromatic N) is 4. The molecule has 6 nitrogen and oxygen atoms in total. The minimum absolute atomic E-state index is 0.0300. The fourth-order valence-corrected chi connectivity index (χ4v) is 3.63. The molecule has 2 aromatic rings. The number of carbonyl (C=O) groups excluding carboxylic acids is 1. The van der Waals surface area contributed by atoms with Crippen molar-refractivity contribution >= 4 is 29.0 Å². The predicted octanol–water partition coefficient (Wildman–Crippen LogP) is 3.56. The van der Waals surface area contributed by atoms with Crippen molar-refractivity contribution in [3.8, 4) is 0 Å². The van der Waals surface area contributed by atoms with Crippen LogP contribution in [0.15, 0.2) is 29.7 Å². The highest BCUT2D eigenvalue weighted by molar-refractivity contribution is 7.99. The van der Waals surface area contributed by atoms with Gasteiger partial charge in [-0.3, -0.25) is 4.79 Å². The molecule has 1 aromatic heterocycles. The maximum atomic E-state index is 13.1. The molecule has 0 bridgehead atoms. The van der Waals surface area contributed by atoms with Crippen LogP contribution in [0.2, 0.25) is 0 Å². The molecule has 0 spiro atoms. The third kappa shape index (κ3) is 4.94. The Morgan fingerprint density at radius 3 is 2.63 bits per heavy atom. The molecule has 146 valence electrons. The van der Waals surface area contributed by atoms with Gasteiger partial charge in [-0.2, -0.15) is 13.2 Å². The highest BCUT2D eigenvalue weighted by Gasteiger charge is 2.31. The number of rotatable bonds is 5. The van der Waals surface area contributed by atoms with Crippen LogP contribution in [0.3, 0.4) is 0 Å². The van der Waals surface area contributed by atoms with E-state index in [4.69, 9.17) is 0 Å². The summed E-state index contributed by atoms with van der Waals surface area (Å²) >= 11 is 1.17. The van der Waals surface area contributed by atoms with Gasteiger partial charge in [0.15, 0.2) is 5.16 Å². The van der Waals surface area contributed by atoms with E-state index in [1.54, 1.807) is 11.6 Å². The molecular formula is C17H20F3N5OS. The molecule has 0 radical (unpaired) electrons. The van der Waals surface area contributed by atoms with Crippen molar-refractivity contribution in [3.63, 3.8) is 0 Å². The Labute approximate surface area is 159 Å². The van der Waals surface area contributed by atoms with Crippen LogP contribution in [0.5, 0.6) is 0 Å². The largest absolute Gasteiger partial charge is 0.416 e. The van der Waals surface area contributed by atoms with Gasteiger partial charge in [-0.05, 0) is 37.5 Å². The summed E-state index contributed by atoms with van der Waals surface area (Å²) in [4.78, 5) is 14.3. The lowest BCUT2D eigenvalue weighted by atomic mass is 10.1. The summed E-state index contributed by atoms with van der Waals surface area (Å²) in [6, 6.07) is 3.52. The molecule has 1 fully saturated rings. The zero-order valence-electron chi connectivity index (χ0n) is 14.8. The summed E-state index contributed by atoms with van der Waals surface area (Å²) in [5.41, 5.74) is 0.0366. The first-order valence-electron chi connectivity index (χ1n) is 8.57. The molecule has 1 aliphatic heterocycles. The number of alkyl halides is 3. The van der Waals surface area contributed by atoms with E-state index in [0.29, 0.717) is 10.8 Å². The van der Waals surface area contributed by atoms with Crippen LogP contribution in [0.1, 0.15) is 24.8 Å². The van der Waals surface area contributed by atoms with Gasteiger partial charge >= 0.3 is 6.18 Å². The van der Waals surface area contributed by atoms with Crippen LogP contribution in [0.4, 0.5) is 24.5 Å². The van der Waals surface area contributed by atoms with Gasteiger partial charge < -0.3 is 14.8 Å². The van der Waals surface area contributed by atoms with Crippen LogP contribution in [-0.2, 0) is 18.0 Å². The van der Waals surface area contributed by atoms with Crippen molar-refractivity contribution < 1.29 is 18.0 Å². The van der Waals surface area contributed by atoms with Crippen molar-refractivity contribution in [2.45, 2.75) is 30.6 Å². The molecule has 3 rings (SSSR count). The minimum Gasteiger partial charge on any atom is -0.370 e. The maximum Gasteiger partial charge on any atom is 0.416 e. The van der Waals surface area contributed by atoms with Gasteiger partial charge in [-0.25, -0.2) is 0 Å². The number of aromatic nitrogens is 3. The lowest BCUT2D eigenvalue weighted by molar-refractivity contribution is -0.137. The molecule has 1 saturated heterocycles. The first kappa shape index (κ1) is 19.5. The molecule has 2 heterocycles. The first-order chi connectivity index (χ1) is 12.8. The third-order valence-electron chi connectivity index (χ3n) is 4.30. The second-order valence-corrected chi connectivity index (χ2v) is 7.28.